The molecule has 0 heterocycles. The van der Waals surface area contributed by atoms with Gasteiger partial charge in [0, 0.05) is 11.1 Å². The first-order chi connectivity index (χ1) is 10.7. The summed E-state index contributed by atoms with van der Waals surface area (Å²) in [5, 5.41) is 11.0. The van der Waals surface area contributed by atoms with E-state index < -0.39 is 5.91 Å². The molecule has 0 aliphatic heterocycles. The Hall–Kier alpha value is -3.13. The summed E-state index contributed by atoms with van der Waals surface area (Å²) in [5.74, 6) is -0.263. The Labute approximate surface area is 128 Å². The maximum atomic E-state index is 12.6. The minimum atomic E-state index is -0.469. The summed E-state index contributed by atoms with van der Waals surface area (Å²) >= 11 is 0. The molecule has 1 amide bonds. The highest BCUT2D eigenvalue weighted by atomic mass is 16.5. The van der Waals surface area contributed by atoms with Crippen LogP contribution in [0.25, 0.3) is 0 Å². The highest BCUT2D eigenvalue weighted by Crippen LogP contribution is 2.21. The summed E-state index contributed by atoms with van der Waals surface area (Å²) in [6, 6.07) is 15.1. The number of ketones is 1. The van der Waals surface area contributed by atoms with Gasteiger partial charge in [-0.05, 0) is 18.2 Å². The first-order valence-corrected chi connectivity index (χ1v) is 6.60. The van der Waals surface area contributed by atoms with Crippen molar-refractivity contribution >= 4 is 11.7 Å². The molecule has 2 rings (SSSR count). The Morgan fingerprint density at radius 2 is 1.86 bits per heavy atom. The SMILES string of the molecule is COc1ccc(C(=O)NCC#N)c(C(=O)c2ccccc2)c1. The molecule has 0 radical (unpaired) electrons. The number of ether oxygens (including phenoxy) is 1. The van der Waals surface area contributed by atoms with Gasteiger partial charge in [-0.3, -0.25) is 9.59 Å². The summed E-state index contributed by atoms with van der Waals surface area (Å²) in [6.07, 6.45) is 0. The van der Waals surface area contributed by atoms with Crippen LogP contribution in [-0.4, -0.2) is 25.3 Å². The Balaban J connectivity index is 2.45. The zero-order valence-electron chi connectivity index (χ0n) is 12.0. The lowest BCUT2D eigenvalue weighted by Crippen LogP contribution is -2.25. The Bertz CT molecular complexity index is 733. The molecular formula is C17H14N2O3. The van der Waals surface area contributed by atoms with Crippen LogP contribution in [-0.2, 0) is 0 Å². The normalized spacial score (nSPS) is 9.64. The zero-order chi connectivity index (χ0) is 15.9. The van der Waals surface area contributed by atoms with Crippen molar-refractivity contribution in [3.8, 4) is 11.8 Å². The molecule has 110 valence electrons. The highest BCUT2D eigenvalue weighted by Gasteiger charge is 2.19. The summed E-state index contributed by atoms with van der Waals surface area (Å²) in [7, 11) is 1.49. The molecule has 2 aromatic carbocycles. The van der Waals surface area contributed by atoms with E-state index in [2.05, 4.69) is 5.32 Å². The Kier molecular flexibility index (Phi) is 4.89. The van der Waals surface area contributed by atoms with E-state index in [1.165, 1.54) is 19.2 Å². The van der Waals surface area contributed by atoms with Crippen LogP contribution in [0.2, 0.25) is 0 Å². The van der Waals surface area contributed by atoms with Crippen molar-refractivity contribution in [3.63, 3.8) is 0 Å². The summed E-state index contributed by atoms with van der Waals surface area (Å²) in [5.41, 5.74) is 0.927. The highest BCUT2D eigenvalue weighted by molar-refractivity contribution is 6.15. The second kappa shape index (κ2) is 7.04. The van der Waals surface area contributed by atoms with Gasteiger partial charge >= 0.3 is 0 Å². The lowest BCUT2D eigenvalue weighted by molar-refractivity contribution is 0.0946. The molecule has 5 heteroatoms. The number of nitrogens with one attached hydrogen (secondary N) is 1. The van der Waals surface area contributed by atoms with Gasteiger partial charge in [-0.1, -0.05) is 30.3 Å². The molecule has 0 unspecified atom stereocenters. The van der Waals surface area contributed by atoms with Gasteiger partial charge in [0.25, 0.3) is 5.91 Å². The van der Waals surface area contributed by atoms with E-state index in [1.807, 2.05) is 12.1 Å². The molecule has 0 bridgehead atoms. The van der Waals surface area contributed by atoms with Crippen LogP contribution in [0.3, 0.4) is 0 Å². The average Bonchev–Trinajstić information content (AvgIpc) is 2.59. The van der Waals surface area contributed by atoms with Crippen LogP contribution >= 0.6 is 0 Å². The van der Waals surface area contributed by atoms with Crippen molar-refractivity contribution in [2.45, 2.75) is 0 Å². The average molecular weight is 294 g/mol. The number of hydrogen-bond donors (Lipinski definition) is 1. The summed E-state index contributed by atoms with van der Waals surface area (Å²) < 4.78 is 5.12. The minimum Gasteiger partial charge on any atom is -0.497 e. The number of carbonyl (C=O) groups excluding carboxylic acids is 2. The van der Waals surface area contributed by atoms with E-state index in [0.29, 0.717) is 11.3 Å². The van der Waals surface area contributed by atoms with Crippen LogP contribution in [0.1, 0.15) is 26.3 Å². The number of hydrogen-bond acceptors (Lipinski definition) is 4. The molecule has 0 saturated heterocycles. The number of rotatable bonds is 5. The van der Waals surface area contributed by atoms with Crippen molar-refractivity contribution in [1.29, 1.82) is 5.26 Å². The fourth-order valence-electron chi connectivity index (χ4n) is 2.00. The molecule has 2 aromatic rings. The predicted octanol–water partition coefficient (Wildman–Crippen LogP) is 2.18. The minimum absolute atomic E-state index is 0.121. The first kappa shape index (κ1) is 15.3. The maximum absolute atomic E-state index is 12.6. The van der Waals surface area contributed by atoms with E-state index in [9.17, 15) is 9.59 Å². The second-order valence-corrected chi connectivity index (χ2v) is 4.45. The molecule has 0 fully saturated rings. The fourth-order valence-corrected chi connectivity index (χ4v) is 2.00. The molecule has 0 aromatic heterocycles. The third-order valence-electron chi connectivity index (χ3n) is 3.08. The maximum Gasteiger partial charge on any atom is 0.252 e. The van der Waals surface area contributed by atoms with Crippen molar-refractivity contribution in [2.24, 2.45) is 0 Å². The van der Waals surface area contributed by atoms with Gasteiger partial charge in [0.15, 0.2) is 5.78 Å². The largest absolute Gasteiger partial charge is 0.497 e. The third kappa shape index (κ3) is 3.30. The van der Waals surface area contributed by atoms with Gasteiger partial charge in [-0.15, -0.1) is 0 Å². The number of amides is 1. The zero-order valence-corrected chi connectivity index (χ0v) is 12.0. The van der Waals surface area contributed by atoms with Gasteiger partial charge < -0.3 is 10.1 Å². The number of carbonyl (C=O) groups is 2. The number of nitrogens with zero attached hydrogens (tertiary/aromatic N) is 1. The van der Waals surface area contributed by atoms with Gasteiger partial charge in [0.05, 0.1) is 18.7 Å². The van der Waals surface area contributed by atoms with Crippen molar-refractivity contribution in [3.05, 3.63) is 65.2 Å². The van der Waals surface area contributed by atoms with Gasteiger partial charge in [0.2, 0.25) is 0 Å². The Morgan fingerprint density at radius 3 is 2.50 bits per heavy atom. The third-order valence-corrected chi connectivity index (χ3v) is 3.08. The van der Waals surface area contributed by atoms with Crippen LogP contribution in [0.4, 0.5) is 0 Å². The van der Waals surface area contributed by atoms with Gasteiger partial charge in [-0.2, -0.15) is 5.26 Å². The number of methoxy groups -OCH3 is 1. The quantitative estimate of drug-likeness (QED) is 0.677. The smallest absolute Gasteiger partial charge is 0.252 e. The monoisotopic (exact) mass is 294 g/mol. The standard InChI is InChI=1S/C17H14N2O3/c1-22-13-7-8-14(17(21)19-10-9-18)15(11-13)16(20)12-5-3-2-4-6-12/h2-8,11H,10H2,1H3,(H,19,21). The van der Waals surface area contributed by atoms with Crippen LogP contribution < -0.4 is 10.1 Å². The van der Waals surface area contributed by atoms with E-state index in [-0.39, 0.29) is 23.5 Å². The van der Waals surface area contributed by atoms with Crippen LogP contribution in [0, 0.1) is 11.3 Å². The molecule has 0 spiro atoms. The van der Waals surface area contributed by atoms with E-state index >= 15 is 0 Å². The Morgan fingerprint density at radius 1 is 1.14 bits per heavy atom. The molecule has 5 nitrogen and oxygen atoms in total. The first-order valence-electron chi connectivity index (χ1n) is 6.60. The molecular weight excluding hydrogens is 280 g/mol. The van der Waals surface area contributed by atoms with Crippen LogP contribution in [0.15, 0.2) is 48.5 Å². The van der Waals surface area contributed by atoms with E-state index in [0.717, 1.165) is 0 Å². The lowest BCUT2D eigenvalue weighted by atomic mass is 9.97. The lowest BCUT2D eigenvalue weighted by Gasteiger charge is -2.10. The van der Waals surface area contributed by atoms with Crippen molar-refractivity contribution in [1.82, 2.24) is 5.32 Å². The summed E-state index contributed by atoms with van der Waals surface area (Å²) in [6.45, 7) is -0.121. The number of nitriles is 1. The topological polar surface area (TPSA) is 79.2 Å². The van der Waals surface area contributed by atoms with Crippen molar-refractivity contribution < 1.29 is 14.3 Å². The molecule has 0 atom stereocenters. The molecule has 0 saturated carbocycles. The van der Waals surface area contributed by atoms with E-state index in [1.54, 1.807) is 30.3 Å². The van der Waals surface area contributed by atoms with Gasteiger partial charge in [0.1, 0.15) is 12.3 Å². The molecule has 22 heavy (non-hydrogen) atoms. The van der Waals surface area contributed by atoms with Crippen LogP contribution in [0.5, 0.6) is 5.75 Å². The van der Waals surface area contributed by atoms with Crippen molar-refractivity contribution in [2.75, 3.05) is 13.7 Å². The number of benzene rings is 2. The van der Waals surface area contributed by atoms with E-state index in [4.69, 9.17) is 10.00 Å². The second-order valence-electron chi connectivity index (χ2n) is 4.45. The molecule has 0 aliphatic rings. The molecule has 1 N–H and O–H groups in total. The fraction of sp³-hybridized carbons (Fsp3) is 0.118. The van der Waals surface area contributed by atoms with Gasteiger partial charge in [-0.25, -0.2) is 0 Å². The predicted molar refractivity (Wildman–Crippen MR) is 80.8 cm³/mol. The molecule has 0 aliphatic carbocycles. The summed E-state index contributed by atoms with van der Waals surface area (Å²) in [4.78, 5) is 24.7.